The fraction of sp³-hybridized carbons (Fsp3) is 0.929. The van der Waals surface area contributed by atoms with E-state index in [4.69, 9.17) is 0 Å². The first kappa shape index (κ1) is 15.5. The molecular formula is C14H29NO. The van der Waals surface area contributed by atoms with E-state index in [1.54, 1.807) is 0 Å². The normalized spacial score (nSPS) is 10.4. The molecule has 0 aromatic heterocycles. The summed E-state index contributed by atoms with van der Waals surface area (Å²) >= 11 is 0. The van der Waals surface area contributed by atoms with E-state index in [2.05, 4.69) is 13.8 Å². The smallest absolute Gasteiger partial charge is 0.209 e. The highest BCUT2D eigenvalue weighted by atomic mass is 16.1. The molecule has 0 aromatic carbocycles. The van der Waals surface area contributed by atoms with E-state index >= 15 is 0 Å². The van der Waals surface area contributed by atoms with Gasteiger partial charge in [0.15, 0.2) is 0 Å². The van der Waals surface area contributed by atoms with Crippen LogP contribution in [0, 0.1) is 0 Å². The third-order valence-corrected chi connectivity index (χ3v) is 3.00. The van der Waals surface area contributed by atoms with Crippen molar-refractivity contribution in [3.8, 4) is 0 Å². The average Bonchev–Trinajstić information content (AvgIpc) is 2.31. The molecule has 0 unspecified atom stereocenters. The maximum Gasteiger partial charge on any atom is 0.209 e. The highest BCUT2D eigenvalue weighted by molar-refractivity contribution is 5.46. The molecule has 0 atom stereocenters. The summed E-state index contributed by atoms with van der Waals surface area (Å²) in [5.41, 5.74) is 0. The third-order valence-electron chi connectivity index (χ3n) is 3.00. The second kappa shape index (κ2) is 12.5. The van der Waals surface area contributed by atoms with Gasteiger partial charge in [0.2, 0.25) is 6.41 Å². The summed E-state index contributed by atoms with van der Waals surface area (Å²) in [4.78, 5) is 12.7. The first-order valence-electron chi connectivity index (χ1n) is 7.04. The van der Waals surface area contributed by atoms with Crippen molar-refractivity contribution in [3.05, 3.63) is 0 Å². The van der Waals surface area contributed by atoms with Crippen LogP contribution in [0.4, 0.5) is 0 Å². The van der Waals surface area contributed by atoms with Crippen molar-refractivity contribution in [1.82, 2.24) is 4.90 Å². The summed E-state index contributed by atoms with van der Waals surface area (Å²) in [5.74, 6) is 0. The van der Waals surface area contributed by atoms with Gasteiger partial charge in [0.05, 0.1) is 0 Å². The SMILES string of the molecule is CCCCCCCCN(C=O)CCCCC. The summed E-state index contributed by atoms with van der Waals surface area (Å²) in [7, 11) is 0. The number of carbonyl (C=O) groups excluding carboxylic acids is 1. The Bertz CT molecular complexity index is 148. The van der Waals surface area contributed by atoms with Gasteiger partial charge in [-0.25, -0.2) is 0 Å². The molecule has 16 heavy (non-hydrogen) atoms. The fourth-order valence-electron chi connectivity index (χ4n) is 1.88. The molecule has 0 bridgehead atoms. The Morgan fingerprint density at radius 2 is 1.19 bits per heavy atom. The third kappa shape index (κ3) is 10.0. The topological polar surface area (TPSA) is 20.3 Å². The second-order valence-corrected chi connectivity index (χ2v) is 4.62. The van der Waals surface area contributed by atoms with Crippen LogP contribution in [0.15, 0.2) is 0 Å². The molecule has 1 amide bonds. The minimum atomic E-state index is 0.951. The van der Waals surface area contributed by atoms with Crippen molar-refractivity contribution in [2.45, 2.75) is 71.6 Å². The van der Waals surface area contributed by atoms with Gasteiger partial charge in [-0.1, -0.05) is 58.8 Å². The zero-order valence-corrected chi connectivity index (χ0v) is 11.2. The van der Waals surface area contributed by atoms with Gasteiger partial charge < -0.3 is 4.90 Å². The van der Waals surface area contributed by atoms with Crippen LogP contribution in [0.5, 0.6) is 0 Å². The minimum absolute atomic E-state index is 0.951. The number of hydrogen-bond acceptors (Lipinski definition) is 1. The lowest BCUT2D eigenvalue weighted by Crippen LogP contribution is -2.24. The standard InChI is InChI=1S/C14H29NO/c1-3-5-7-8-9-11-13-15(14-16)12-10-6-4-2/h14H,3-13H2,1-2H3. The maximum absolute atomic E-state index is 10.8. The van der Waals surface area contributed by atoms with Gasteiger partial charge in [0, 0.05) is 13.1 Å². The Labute approximate surface area is 101 Å². The molecule has 0 saturated carbocycles. The first-order chi connectivity index (χ1) is 7.85. The molecule has 0 aliphatic heterocycles. The first-order valence-corrected chi connectivity index (χ1v) is 7.04. The van der Waals surface area contributed by atoms with Crippen molar-refractivity contribution in [2.75, 3.05) is 13.1 Å². The molecule has 96 valence electrons. The number of nitrogens with zero attached hydrogens (tertiary/aromatic N) is 1. The van der Waals surface area contributed by atoms with Crippen LogP contribution in [0.3, 0.4) is 0 Å². The number of carbonyl (C=O) groups is 1. The van der Waals surface area contributed by atoms with Crippen molar-refractivity contribution < 1.29 is 4.79 Å². The number of hydrogen-bond donors (Lipinski definition) is 0. The zero-order chi connectivity index (χ0) is 12.1. The molecule has 0 saturated heterocycles. The van der Waals surface area contributed by atoms with E-state index in [0.717, 1.165) is 25.9 Å². The molecule has 0 spiro atoms. The van der Waals surface area contributed by atoms with E-state index < -0.39 is 0 Å². The van der Waals surface area contributed by atoms with Crippen LogP contribution in [0.1, 0.15) is 71.6 Å². The maximum atomic E-state index is 10.8. The highest BCUT2D eigenvalue weighted by Gasteiger charge is 2.00. The van der Waals surface area contributed by atoms with Gasteiger partial charge in [-0.05, 0) is 12.8 Å². The molecule has 2 nitrogen and oxygen atoms in total. The molecule has 0 rings (SSSR count). The lowest BCUT2D eigenvalue weighted by atomic mass is 10.1. The van der Waals surface area contributed by atoms with Crippen LogP contribution in [0.2, 0.25) is 0 Å². The van der Waals surface area contributed by atoms with Crippen LogP contribution in [0.25, 0.3) is 0 Å². The Hall–Kier alpha value is -0.530. The van der Waals surface area contributed by atoms with E-state index in [1.807, 2.05) is 4.90 Å². The number of unbranched alkanes of at least 4 members (excludes halogenated alkanes) is 7. The predicted octanol–water partition coefficient (Wildman–Crippen LogP) is 4.00. The quantitative estimate of drug-likeness (QED) is 0.364. The van der Waals surface area contributed by atoms with Crippen LogP contribution in [-0.4, -0.2) is 24.4 Å². The number of rotatable bonds is 12. The molecule has 0 aromatic rings. The van der Waals surface area contributed by atoms with Gasteiger partial charge in [-0.2, -0.15) is 0 Å². The molecule has 0 heterocycles. The molecule has 0 radical (unpaired) electrons. The number of amides is 1. The summed E-state index contributed by atoms with van der Waals surface area (Å²) in [6.45, 7) is 6.34. The molecule has 0 fully saturated rings. The van der Waals surface area contributed by atoms with Crippen molar-refractivity contribution in [1.29, 1.82) is 0 Å². The Balaban J connectivity index is 3.30. The van der Waals surface area contributed by atoms with Crippen molar-refractivity contribution in [2.24, 2.45) is 0 Å². The molecule has 0 aliphatic rings. The van der Waals surface area contributed by atoms with E-state index in [0.29, 0.717) is 0 Å². The van der Waals surface area contributed by atoms with Gasteiger partial charge in [-0.15, -0.1) is 0 Å². The molecular weight excluding hydrogens is 198 g/mol. The highest BCUT2D eigenvalue weighted by Crippen LogP contribution is 2.06. The van der Waals surface area contributed by atoms with Gasteiger partial charge in [0.25, 0.3) is 0 Å². The van der Waals surface area contributed by atoms with Crippen molar-refractivity contribution in [3.63, 3.8) is 0 Å². The minimum Gasteiger partial charge on any atom is -0.345 e. The van der Waals surface area contributed by atoms with Gasteiger partial charge in [0.1, 0.15) is 0 Å². The predicted molar refractivity (Wildman–Crippen MR) is 70.5 cm³/mol. The summed E-state index contributed by atoms with van der Waals surface area (Å²) in [6, 6.07) is 0. The zero-order valence-electron chi connectivity index (χ0n) is 11.2. The fourth-order valence-corrected chi connectivity index (χ4v) is 1.88. The van der Waals surface area contributed by atoms with E-state index in [-0.39, 0.29) is 0 Å². The van der Waals surface area contributed by atoms with Crippen LogP contribution in [-0.2, 0) is 4.79 Å². The molecule has 2 heteroatoms. The van der Waals surface area contributed by atoms with Gasteiger partial charge in [-0.3, -0.25) is 4.79 Å². The van der Waals surface area contributed by atoms with Crippen LogP contribution >= 0.6 is 0 Å². The van der Waals surface area contributed by atoms with Crippen molar-refractivity contribution >= 4 is 6.41 Å². The summed E-state index contributed by atoms with van der Waals surface area (Å²) in [5, 5.41) is 0. The Morgan fingerprint density at radius 3 is 1.75 bits per heavy atom. The average molecular weight is 227 g/mol. The Kier molecular flexibility index (Phi) is 12.1. The van der Waals surface area contributed by atoms with Gasteiger partial charge >= 0.3 is 0 Å². The lowest BCUT2D eigenvalue weighted by Gasteiger charge is -2.16. The lowest BCUT2D eigenvalue weighted by molar-refractivity contribution is -0.118. The van der Waals surface area contributed by atoms with E-state index in [1.165, 1.54) is 51.4 Å². The molecule has 0 N–H and O–H groups in total. The summed E-state index contributed by atoms with van der Waals surface area (Å²) < 4.78 is 0. The Morgan fingerprint density at radius 1 is 0.750 bits per heavy atom. The van der Waals surface area contributed by atoms with Crippen LogP contribution < -0.4 is 0 Å². The molecule has 0 aliphatic carbocycles. The largest absolute Gasteiger partial charge is 0.345 e. The monoisotopic (exact) mass is 227 g/mol. The van der Waals surface area contributed by atoms with E-state index in [9.17, 15) is 4.79 Å². The summed E-state index contributed by atoms with van der Waals surface area (Å²) in [6.07, 6.45) is 12.4. The second-order valence-electron chi connectivity index (χ2n) is 4.62.